The lowest BCUT2D eigenvalue weighted by Crippen LogP contribution is -1.97. The molecule has 2 rings (SSSR count). The monoisotopic (exact) mass is 302 g/mol. The van der Waals surface area contributed by atoms with Gasteiger partial charge in [-0.1, -0.05) is 17.7 Å². The van der Waals surface area contributed by atoms with Gasteiger partial charge in [-0.25, -0.2) is 0 Å². The first-order valence-electron chi connectivity index (χ1n) is 5.32. The summed E-state index contributed by atoms with van der Waals surface area (Å²) in [5, 5.41) is 2.52. The summed E-state index contributed by atoms with van der Waals surface area (Å²) < 4.78 is 11.0. The van der Waals surface area contributed by atoms with Crippen LogP contribution in [0, 0.1) is 0 Å². The lowest BCUT2D eigenvalue weighted by molar-refractivity contribution is 0.287. The highest BCUT2D eigenvalue weighted by Crippen LogP contribution is 2.37. The average molecular weight is 303 g/mol. The molecule has 0 bridgehead atoms. The minimum absolute atomic E-state index is 0.390. The third-order valence-electron chi connectivity index (χ3n) is 2.38. The van der Waals surface area contributed by atoms with Crippen molar-refractivity contribution in [3.05, 3.63) is 45.1 Å². The van der Waals surface area contributed by atoms with Crippen LogP contribution in [0.4, 0.5) is 0 Å². The fourth-order valence-corrected chi connectivity index (χ4v) is 2.59. The summed E-state index contributed by atoms with van der Waals surface area (Å²) in [5.41, 5.74) is 0.905. The van der Waals surface area contributed by atoms with Crippen LogP contribution in [0.25, 0.3) is 0 Å². The van der Waals surface area contributed by atoms with E-state index in [0.29, 0.717) is 29.0 Å². The van der Waals surface area contributed by atoms with Crippen LogP contribution in [0.5, 0.6) is 11.5 Å². The van der Waals surface area contributed by atoms with Gasteiger partial charge >= 0.3 is 0 Å². The van der Waals surface area contributed by atoms with Crippen molar-refractivity contribution in [3.8, 4) is 11.5 Å². The quantitative estimate of drug-likeness (QED) is 0.744. The smallest absolute Gasteiger partial charge is 0.180 e. The molecule has 1 aromatic heterocycles. The largest absolute Gasteiger partial charge is 0.493 e. The van der Waals surface area contributed by atoms with Crippen LogP contribution < -0.4 is 9.47 Å². The highest BCUT2D eigenvalue weighted by Gasteiger charge is 2.12. The number of hydrogen-bond donors (Lipinski definition) is 0. The molecule has 2 nitrogen and oxygen atoms in total. The SMILES string of the molecule is COc1cc(CCl)cc(Cl)c1OCc1cccs1. The molecule has 0 aliphatic rings. The summed E-state index contributed by atoms with van der Waals surface area (Å²) >= 11 is 13.6. The molecule has 1 aromatic carbocycles. The molecule has 0 aliphatic carbocycles. The molecule has 96 valence electrons. The van der Waals surface area contributed by atoms with Gasteiger partial charge in [0.25, 0.3) is 0 Å². The number of alkyl halides is 1. The van der Waals surface area contributed by atoms with Crippen molar-refractivity contribution in [2.24, 2.45) is 0 Å². The number of benzene rings is 1. The Morgan fingerprint density at radius 2 is 2.17 bits per heavy atom. The number of methoxy groups -OCH3 is 1. The Labute approximate surface area is 120 Å². The van der Waals surface area contributed by atoms with E-state index in [9.17, 15) is 0 Å². The van der Waals surface area contributed by atoms with Gasteiger partial charge in [0.05, 0.1) is 12.1 Å². The van der Waals surface area contributed by atoms with Crippen molar-refractivity contribution in [1.29, 1.82) is 0 Å². The summed E-state index contributed by atoms with van der Waals surface area (Å²) in [6.45, 7) is 0.480. The molecule has 18 heavy (non-hydrogen) atoms. The zero-order valence-electron chi connectivity index (χ0n) is 9.78. The van der Waals surface area contributed by atoms with E-state index in [0.717, 1.165) is 10.4 Å². The average Bonchev–Trinajstić information content (AvgIpc) is 2.89. The van der Waals surface area contributed by atoms with Gasteiger partial charge in [0.2, 0.25) is 0 Å². The Balaban J connectivity index is 2.20. The van der Waals surface area contributed by atoms with Crippen LogP contribution in [0.1, 0.15) is 10.4 Å². The second-order valence-corrected chi connectivity index (χ2v) is 5.32. The van der Waals surface area contributed by atoms with E-state index in [2.05, 4.69) is 0 Å². The first-order chi connectivity index (χ1) is 8.74. The third kappa shape index (κ3) is 3.10. The molecule has 5 heteroatoms. The van der Waals surface area contributed by atoms with Crippen LogP contribution in [0.2, 0.25) is 5.02 Å². The minimum atomic E-state index is 0.390. The maximum Gasteiger partial charge on any atom is 0.180 e. The zero-order chi connectivity index (χ0) is 13.0. The van der Waals surface area contributed by atoms with Gasteiger partial charge in [-0.15, -0.1) is 22.9 Å². The number of halogens is 2. The summed E-state index contributed by atoms with van der Waals surface area (Å²) in [5.74, 6) is 1.55. The van der Waals surface area contributed by atoms with Crippen LogP contribution >= 0.6 is 34.5 Å². The molecule has 0 unspecified atom stereocenters. The first kappa shape index (κ1) is 13.5. The topological polar surface area (TPSA) is 18.5 Å². The van der Waals surface area contributed by atoms with E-state index in [-0.39, 0.29) is 0 Å². The van der Waals surface area contributed by atoms with Gasteiger partial charge in [-0.3, -0.25) is 0 Å². The third-order valence-corrected chi connectivity index (χ3v) is 3.82. The van der Waals surface area contributed by atoms with E-state index < -0.39 is 0 Å². The highest BCUT2D eigenvalue weighted by molar-refractivity contribution is 7.09. The normalized spacial score (nSPS) is 10.4. The molecule has 0 saturated carbocycles. The molecule has 0 saturated heterocycles. The molecular weight excluding hydrogens is 291 g/mol. The van der Waals surface area contributed by atoms with E-state index in [1.165, 1.54) is 0 Å². The van der Waals surface area contributed by atoms with Crippen molar-refractivity contribution in [2.75, 3.05) is 7.11 Å². The van der Waals surface area contributed by atoms with E-state index >= 15 is 0 Å². The van der Waals surface area contributed by atoms with Gasteiger partial charge in [0, 0.05) is 10.8 Å². The number of rotatable bonds is 5. The van der Waals surface area contributed by atoms with Crippen LogP contribution in [-0.4, -0.2) is 7.11 Å². The maximum absolute atomic E-state index is 6.17. The van der Waals surface area contributed by atoms with Gasteiger partial charge in [-0.2, -0.15) is 0 Å². The molecule has 0 spiro atoms. The molecular formula is C13H12Cl2O2S. The number of ether oxygens (including phenoxy) is 2. The van der Waals surface area contributed by atoms with Crippen molar-refractivity contribution in [3.63, 3.8) is 0 Å². The van der Waals surface area contributed by atoms with Crippen LogP contribution in [-0.2, 0) is 12.5 Å². The molecule has 0 radical (unpaired) electrons. The Morgan fingerprint density at radius 3 is 2.78 bits per heavy atom. The van der Waals surface area contributed by atoms with Gasteiger partial charge in [0.15, 0.2) is 11.5 Å². The molecule has 0 amide bonds. The lowest BCUT2D eigenvalue weighted by atomic mass is 10.2. The molecule has 1 heterocycles. The molecule has 0 N–H and O–H groups in total. The Morgan fingerprint density at radius 1 is 1.33 bits per heavy atom. The van der Waals surface area contributed by atoms with Crippen molar-refractivity contribution < 1.29 is 9.47 Å². The predicted molar refractivity (Wildman–Crippen MR) is 76.2 cm³/mol. The second kappa shape index (κ2) is 6.32. The van der Waals surface area contributed by atoms with Crippen LogP contribution in [0.3, 0.4) is 0 Å². The van der Waals surface area contributed by atoms with Gasteiger partial charge in [0.1, 0.15) is 6.61 Å². The summed E-state index contributed by atoms with van der Waals surface area (Å²) in [6.07, 6.45) is 0. The van der Waals surface area contributed by atoms with Crippen LogP contribution in [0.15, 0.2) is 29.6 Å². The summed E-state index contributed by atoms with van der Waals surface area (Å²) in [6, 6.07) is 7.63. The lowest BCUT2D eigenvalue weighted by Gasteiger charge is -2.13. The molecule has 0 aliphatic heterocycles. The standard InChI is InChI=1S/C13H12Cl2O2S/c1-16-12-6-9(7-14)5-11(15)13(12)17-8-10-3-2-4-18-10/h2-6H,7-8H2,1H3. The Bertz CT molecular complexity index is 512. The molecule has 2 aromatic rings. The predicted octanol–water partition coefficient (Wildman–Crippen LogP) is 4.73. The van der Waals surface area contributed by atoms with Crippen molar-refractivity contribution in [2.45, 2.75) is 12.5 Å². The maximum atomic E-state index is 6.17. The zero-order valence-corrected chi connectivity index (χ0v) is 12.1. The Hall–Kier alpha value is -0.900. The Kier molecular flexibility index (Phi) is 4.75. The molecule has 0 atom stereocenters. The van der Waals surface area contributed by atoms with Gasteiger partial charge in [-0.05, 0) is 29.1 Å². The number of hydrogen-bond acceptors (Lipinski definition) is 3. The minimum Gasteiger partial charge on any atom is -0.493 e. The summed E-state index contributed by atoms with van der Waals surface area (Å²) in [7, 11) is 1.58. The molecule has 0 fully saturated rings. The van der Waals surface area contributed by atoms with Crippen molar-refractivity contribution in [1.82, 2.24) is 0 Å². The highest BCUT2D eigenvalue weighted by atomic mass is 35.5. The first-order valence-corrected chi connectivity index (χ1v) is 7.11. The number of thiophene rings is 1. The van der Waals surface area contributed by atoms with Crippen molar-refractivity contribution >= 4 is 34.5 Å². The fourth-order valence-electron chi connectivity index (χ4n) is 1.53. The van der Waals surface area contributed by atoms with E-state index in [4.69, 9.17) is 32.7 Å². The second-order valence-electron chi connectivity index (χ2n) is 3.61. The fraction of sp³-hybridized carbons (Fsp3) is 0.231. The van der Waals surface area contributed by atoms with E-state index in [1.807, 2.05) is 23.6 Å². The van der Waals surface area contributed by atoms with E-state index in [1.54, 1.807) is 24.5 Å². The van der Waals surface area contributed by atoms with Gasteiger partial charge < -0.3 is 9.47 Å². The summed E-state index contributed by atoms with van der Waals surface area (Å²) in [4.78, 5) is 1.13.